The largest absolute Gasteiger partial charge is 0.477 e. The third-order valence-corrected chi connectivity index (χ3v) is 3.97. The van der Waals surface area contributed by atoms with Gasteiger partial charge in [-0.05, 0) is 36.3 Å². The first-order valence-corrected chi connectivity index (χ1v) is 5.75. The van der Waals surface area contributed by atoms with Gasteiger partial charge in [-0.3, -0.25) is 4.79 Å². The van der Waals surface area contributed by atoms with Crippen molar-refractivity contribution in [2.45, 2.75) is 25.7 Å². The molecule has 3 nitrogen and oxygen atoms in total. The minimum Gasteiger partial charge on any atom is -0.477 e. The van der Waals surface area contributed by atoms with Crippen LogP contribution in [0.1, 0.15) is 50.6 Å². The summed E-state index contributed by atoms with van der Waals surface area (Å²) in [5, 5.41) is 9.00. The fraction of sp³-hybridized carbons (Fsp3) is 0.455. The number of carboxylic acids is 1. The lowest BCUT2D eigenvalue weighted by Crippen LogP contribution is -2.20. The average molecular weight is 224 g/mol. The highest BCUT2D eigenvalue weighted by Gasteiger charge is 2.31. The Morgan fingerprint density at radius 1 is 1.60 bits per heavy atom. The number of carbonyl (C=O) groups is 2. The second-order valence-electron chi connectivity index (χ2n) is 4.13. The standard InChI is InChI=1S/C11H12O3S/c1-6-2-7(3-6)9-4-8(5-12)15-10(9)11(13)14/h4-7H,2-3H2,1H3,(H,13,14). The highest BCUT2D eigenvalue weighted by atomic mass is 32.1. The van der Waals surface area contributed by atoms with Gasteiger partial charge in [0.05, 0.1) is 4.88 Å². The molecule has 1 aromatic heterocycles. The Labute approximate surface area is 91.7 Å². The van der Waals surface area contributed by atoms with Crippen LogP contribution in [0, 0.1) is 5.92 Å². The molecule has 80 valence electrons. The number of hydrogen-bond donors (Lipinski definition) is 1. The summed E-state index contributed by atoms with van der Waals surface area (Å²) >= 11 is 1.08. The molecule has 0 radical (unpaired) electrons. The third kappa shape index (κ3) is 1.81. The van der Waals surface area contributed by atoms with Crippen LogP contribution in [-0.2, 0) is 0 Å². The lowest BCUT2D eigenvalue weighted by molar-refractivity contribution is 0.0699. The molecule has 1 fully saturated rings. The molecule has 0 saturated heterocycles. The number of thiophene rings is 1. The molecule has 1 heterocycles. The number of carboxylic acid groups (broad SMARTS) is 1. The zero-order chi connectivity index (χ0) is 11.0. The highest BCUT2D eigenvalue weighted by molar-refractivity contribution is 7.15. The van der Waals surface area contributed by atoms with Gasteiger partial charge < -0.3 is 5.11 Å². The van der Waals surface area contributed by atoms with E-state index in [-0.39, 0.29) is 0 Å². The molecule has 1 aliphatic carbocycles. The van der Waals surface area contributed by atoms with Crippen LogP contribution >= 0.6 is 11.3 Å². The Bertz CT molecular complexity index is 402. The molecule has 1 N–H and O–H groups in total. The molecular formula is C11H12O3S. The summed E-state index contributed by atoms with van der Waals surface area (Å²) in [6, 6.07) is 1.73. The predicted octanol–water partition coefficient (Wildman–Crippen LogP) is 2.77. The van der Waals surface area contributed by atoms with Gasteiger partial charge in [-0.25, -0.2) is 4.79 Å². The number of rotatable bonds is 3. The van der Waals surface area contributed by atoms with Crippen molar-refractivity contribution < 1.29 is 14.7 Å². The van der Waals surface area contributed by atoms with Crippen LogP contribution in [0.4, 0.5) is 0 Å². The monoisotopic (exact) mass is 224 g/mol. The van der Waals surface area contributed by atoms with Gasteiger partial charge in [0.25, 0.3) is 0 Å². The fourth-order valence-electron chi connectivity index (χ4n) is 2.11. The molecule has 4 heteroatoms. The van der Waals surface area contributed by atoms with E-state index in [4.69, 9.17) is 5.11 Å². The van der Waals surface area contributed by atoms with E-state index in [2.05, 4.69) is 6.92 Å². The zero-order valence-corrected chi connectivity index (χ0v) is 9.21. The van der Waals surface area contributed by atoms with E-state index in [0.29, 0.717) is 21.6 Å². The zero-order valence-electron chi connectivity index (χ0n) is 8.40. The summed E-state index contributed by atoms with van der Waals surface area (Å²) in [5.74, 6) is 0.106. The smallest absolute Gasteiger partial charge is 0.346 e. The molecule has 0 bridgehead atoms. The first-order valence-electron chi connectivity index (χ1n) is 4.94. The van der Waals surface area contributed by atoms with Crippen LogP contribution in [0.5, 0.6) is 0 Å². The van der Waals surface area contributed by atoms with E-state index < -0.39 is 5.97 Å². The van der Waals surface area contributed by atoms with Crippen LogP contribution in [0.3, 0.4) is 0 Å². The SMILES string of the molecule is CC1CC(c2cc(C=O)sc2C(=O)O)C1. The minimum absolute atomic E-state index is 0.342. The molecule has 2 rings (SSSR count). The van der Waals surface area contributed by atoms with Crippen molar-refractivity contribution in [2.75, 3.05) is 0 Å². The van der Waals surface area contributed by atoms with Crippen molar-refractivity contribution in [3.8, 4) is 0 Å². The second kappa shape index (κ2) is 3.77. The Hall–Kier alpha value is -1.16. The molecule has 0 spiro atoms. The Morgan fingerprint density at radius 2 is 2.27 bits per heavy atom. The van der Waals surface area contributed by atoms with Crippen LogP contribution in [-0.4, -0.2) is 17.4 Å². The van der Waals surface area contributed by atoms with E-state index in [1.165, 1.54) is 0 Å². The number of hydrogen-bond acceptors (Lipinski definition) is 3. The van der Waals surface area contributed by atoms with Crippen LogP contribution < -0.4 is 0 Å². The van der Waals surface area contributed by atoms with E-state index in [1.54, 1.807) is 6.07 Å². The summed E-state index contributed by atoms with van der Waals surface area (Å²) in [6.07, 6.45) is 2.80. The normalized spacial score (nSPS) is 24.6. The number of aromatic carboxylic acids is 1. The second-order valence-corrected chi connectivity index (χ2v) is 5.21. The molecule has 15 heavy (non-hydrogen) atoms. The predicted molar refractivity (Wildman–Crippen MR) is 57.8 cm³/mol. The fourth-order valence-corrected chi connectivity index (χ4v) is 3.01. The molecule has 0 aliphatic heterocycles. The van der Waals surface area contributed by atoms with E-state index in [1.807, 2.05) is 0 Å². The highest BCUT2D eigenvalue weighted by Crippen LogP contribution is 2.44. The maximum Gasteiger partial charge on any atom is 0.346 e. The Morgan fingerprint density at radius 3 is 2.73 bits per heavy atom. The van der Waals surface area contributed by atoms with Crippen LogP contribution in [0.25, 0.3) is 0 Å². The molecule has 1 aliphatic rings. The van der Waals surface area contributed by atoms with Gasteiger partial charge in [0.15, 0.2) is 6.29 Å². The summed E-state index contributed by atoms with van der Waals surface area (Å²) in [5.41, 5.74) is 0.854. The quantitative estimate of drug-likeness (QED) is 0.803. The molecule has 0 unspecified atom stereocenters. The van der Waals surface area contributed by atoms with Crippen molar-refractivity contribution in [3.05, 3.63) is 21.4 Å². The molecule has 0 amide bonds. The molecule has 1 aromatic rings. The molecule has 0 atom stereocenters. The van der Waals surface area contributed by atoms with Gasteiger partial charge in [0, 0.05) is 0 Å². The lowest BCUT2D eigenvalue weighted by Gasteiger charge is -2.32. The molecule has 0 aromatic carbocycles. The summed E-state index contributed by atoms with van der Waals surface area (Å²) < 4.78 is 0. The first kappa shape index (κ1) is 10.4. The van der Waals surface area contributed by atoms with Gasteiger partial charge in [-0.15, -0.1) is 11.3 Å². The van der Waals surface area contributed by atoms with E-state index in [9.17, 15) is 9.59 Å². The lowest BCUT2D eigenvalue weighted by atomic mass is 9.72. The first-order chi connectivity index (χ1) is 7.11. The van der Waals surface area contributed by atoms with Crippen molar-refractivity contribution in [3.63, 3.8) is 0 Å². The Kier molecular flexibility index (Phi) is 2.61. The maximum absolute atomic E-state index is 11.0. The van der Waals surface area contributed by atoms with Crippen molar-refractivity contribution in [2.24, 2.45) is 5.92 Å². The van der Waals surface area contributed by atoms with Gasteiger partial charge in [-0.1, -0.05) is 6.92 Å². The third-order valence-electron chi connectivity index (χ3n) is 2.90. The van der Waals surface area contributed by atoms with E-state index in [0.717, 1.165) is 36.0 Å². The van der Waals surface area contributed by atoms with Crippen molar-refractivity contribution >= 4 is 23.6 Å². The van der Waals surface area contributed by atoms with Gasteiger partial charge in [-0.2, -0.15) is 0 Å². The van der Waals surface area contributed by atoms with Crippen LogP contribution in [0.15, 0.2) is 6.07 Å². The molecule has 1 saturated carbocycles. The topological polar surface area (TPSA) is 54.4 Å². The van der Waals surface area contributed by atoms with Crippen LogP contribution in [0.2, 0.25) is 0 Å². The van der Waals surface area contributed by atoms with Gasteiger partial charge >= 0.3 is 5.97 Å². The minimum atomic E-state index is -0.914. The molecular weight excluding hydrogens is 212 g/mol. The summed E-state index contributed by atoms with van der Waals surface area (Å²) in [7, 11) is 0. The summed E-state index contributed by atoms with van der Waals surface area (Å²) in [4.78, 5) is 22.4. The van der Waals surface area contributed by atoms with E-state index >= 15 is 0 Å². The van der Waals surface area contributed by atoms with Gasteiger partial charge in [0.2, 0.25) is 0 Å². The average Bonchev–Trinajstić information content (AvgIpc) is 2.56. The summed E-state index contributed by atoms with van der Waals surface area (Å²) in [6.45, 7) is 2.16. The van der Waals surface area contributed by atoms with Crippen molar-refractivity contribution in [1.82, 2.24) is 0 Å². The Balaban J connectivity index is 2.32. The van der Waals surface area contributed by atoms with Gasteiger partial charge in [0.1, 0.15) is 4.88 Å². The number of aldehydes is 1. The van der Waals surface area contributed by atoms with Crippen molar-refractivity contribution in [1.29, 1.82) is 0 Å². The maximum atomic E-state index is 11.0. The number of carbonyl (C=O) groups excluding carboxylic acids is 1.